The number of amides is 3. The number of furan rings is 1. The van der Waals surface area contributed by atoms with E-state index in [0.29, 0.717) is 18.8 Å². The highest BCUT2D eigenvalue weighted by Gasteiger charge is 2.27. The summed E-state index contributed by atoms with van der Waals surface area (Å²) in [4.78, 5) is 40.3. The van der Waals surface area contributed by atoms with E-state index in [4.69, 9.17) is 4.42 Å². The van der Waals surface area contributed by atoms with E-state index in [-0.39, 0.29) is 18.2 Å². The Bertz CT molecular complexity index is 602. The third-order valence-electron chi connectivity index (χ3n) is 3.73. The third-order valence-corrected chi connectivity index (χ3v) is 3.73. The first-order valence-electron chi connectivity index (χ1n) is 8.90. The van der Waals surface area contributed by atoms with E-state index in [2.05, 4.69) is 5.32 Å². The SMILES string of the molecule is CCCN(CCC)C(=O)C(CC(=O)N(C)C)NC(=O)/C=C/c1ccco1. The van der Waals surface area contributed by atoms with Gasteiger partial charge in [0.2, 0.25) is 17.7 Å². The minimum Gasteiger partial charge on any atom is -0.465 e. The van der Waals surface area contributed by atoms with Gasteiger partial charge in [-0.2, -0.15) is 0 Å². The largest absolute Gasteiger partial charge is 0.465 e. The number of hydrogen-bond donors (Lipinski definition) is 1. The van der Waals surface area contributed by atoms with Crippen LogP contribution in [-0.4, -0.2) is 60.7 Å². The van der Waals surface area contributed by atoms with Crippen LogP contribution in [0.3, 0.4) is 0 Å². The van der Waals surface area contributed by atoms with Gasteiger partial charge in [0.25, 0.3) is 0 Å². The van der Waals surface area contributed by atoms with Gasteiger partial charge in [-0.15, -0.1) is 0 Å². The summed E-state index contributed by atoms with van der Waals surface area (Å²) in [6, 6.07) is 2.54. The van der Waals surface area contributed by atoms with Crippen LogP contribution < -0.4 is 5.32 Å². The number of nitrogens with one attached hydrogen (secondary N) is 1. The van der Waals surface area contributed by atoms with Crippen LogP contribution in [0.25, 0.3) is 6.08 Å². The number of nitrogens with zero attached hydrogens (tertiary/aromatic N) is 2. The lowest BCUT2D eigenvalue weighted by Gasteiger charge is -2.27. The second kappa shape index (κ2) is 11.1. The van der Waals surface area contributed by atoms with Crippen molar-refractivity contribution in [3.63, 3.8) is 0 Å². The van der Waals surface area contributed by atoms with Crippen molar-refractivity contribution in [1.29, 1.82) is 0 Å². The molecule has 0 saturated heterocycles. The van der Waals surface area contributed by atoms with Crippen molar-refractivity contribution in [1.82, 2.24) is 15.1 Å². The molecule has 0 aliphatic heterocycles. The molecule has 7 heteroatoms. The molecular formula is C19H29N3O4. The second-order valence-corrected chi connectivity index (χ2v) is 6.23. The number of rotatable bonds is 10. The molecule has 0 aromatic carbocycles. The summed E-state index contributed by atoms with van der Waals surface area (Å²) in [7, 11) is 3.25. The molecular weight excluding hydrogens is 334 g/mol. The molecule has 0 aliphatic rings. The van der Waals surface area contributed by atoms with E-state index in [1.165, 1.54) is 23.3 Å². The Morgan fingerprint density at radius 1 is 1.19 bits per heavy atom. The fourth-order valence-electron chi connectivity index (χ4n) is 2.41. The van der Waals surface area contributed by atoms with Crippen LogP contribution in [0.2, 0.25) is 0 Å². The Morgan fingerprint density at radius 2 is 1.85 bits per heavy atom. The minimum absolute atomic E-state index is 0.0733. The van der Waals surface area contributed by atoms with Crippen LogP contribution in [0.15, 0.2) is 28.9 Å². The summed E-state index contributed by atoms with van der Waals surface area (Å²) in [5.74, 6) is -0.361. The van der Waals surface area contributed by atoms with E-state index >= 15 is 0 Å². The molecule has 7 nitrogen and oxygen atoms in total. The molecule has 1 N–H and O–H groups in total. The lowest BCUT2D eigenvalue weighted by atomic mass is 10.1. The summed E-state index contributed by atoms with van der Waals surface area (Å²) in [6.45, 7) is 5.16. The Kier molecular flexibility index (Phi) is 9.19. The average Bonchev–Trinajstić information content (AvgIpc) is 3.12. The van der Waals surface area contributed by atoms with E-state index in [1.807, 2.05) is 13.8 Å². The van der Waals surface area contributed by atoms with Gasteiger partial charge in [-0.25, -0.2) is 0 Å². The van der Waals surface area contributed by atoms with Crippen molar-refractivity contribution in [3.8, 4) is 0 Å². The lowest BCUT2D eigenvalue weighted by molar-refractivity contribution is -0.139. The highest BCUT2D eigenvalue weighted by Crippen LogP contribution is 2.06. The Morgan fingerprint density at radius 3 is 2.35 bits per heavy atom. The zero-order chi connectivity index (χ0) is 19.5. The summed E-state index contributed by atoms with van der Waals surface area (Å²) >= 11 is 0. The van der Waals surface area contributed by atoms with Crippen LogP contribution in [0.1, 0.15) is 38.9 Å². The Balaban J connectivity index is 2.86. The molecule has 0 spiro atoms. The molecule has 0 bridgehead atoms. The predicted molar refractivity (Wildman–Crippen MR) is 100 cm³/mol. The summed E-state index contributed by atoms with van der Waals surface area (Å²) < 4.78 is 5.13. The molecule has 3 amide bonds. The first-order chi connectivity index (χ1) is 12.4. The van der Waals surface area contributed by atoms with Gasteiger partial charge >= 0.3 is 0 Å². The molecule has 0 fully saturated rings. The summed E-state index contributed by atoms with van der Waals surface area (Å²) in [5, 5.41) is 2.66. The monoisotopic (exact) mass is 363 g/mol. The molecule has 1 unspecified atom stereocenters. The Labute approximate surface area is 155 Å². The maximum atomic E-state index is 12.8. The maximum absolute atomic E-state index is 12.8. The van der Waals surface area contributed by atoms with Gasteiger partial charge < -0.3 is 19.5 Å². The first-order valence-corrected chi connectivity index (χ1v) is 8.90. The third kappa shape index (κ3) is 7.13. The molecule has 1 atom stereocenters. The lowest BCUT2D eigenvalue weighted by Crippen LogP contribution is -2.50. The van der Waals surface area contributed by atoms with E-state index in [1.54, 1.807) is 31.1 Å². The first kappa shape index (κ1) is 21.5. The van der Waals surface area contributed by atoms with Gasteiger partial charge in [-0.3, -0.25) is 14.4 Å². The second-order valence-electron chi connectivity index (χ2n) is 6.23. The highest BCUT2D eigenvalue weighted by molar-refractivity contribution is 5.97. The quantitative estimate of drug-likeness (QED) is 0.644. The van der Waals surface area contributed by atoms with Gasteiger partial charge in [-0.05, 0) is 31.1 Å². The number of hydrogen-bond acceptors (Lipinski definition) is 4. The zero-order valence-corrected chi connectivity index (χ0v) is 16.0. The molecule has 1 rings (SSSR count). The topological polar surface area (TPSA) is 82.9 Å². The van der Waals surface area contributed by atoms with Crippen LogP contribution in [0.4, 0.5) is 0 Å². The minimum atomic E-state index is -0.892. The fourth-order valence-corrected chi connectivity index (χ4v) is 2.41. The van der Waals surface area contributed by atoms with Gasteiger partial charge in [-0.1, -0.05) is 13.8 Å². The van der Waals surface area contributed by atoms with Crippen LogP contribution in [0.5, 0.6) is 0 Å². The zero-order valence-electron chi connectivity index (χ0n) is 16.0. The maximum Gasteiger partial charge on any atom is 0.245 e. The standard InChI is InChI=1S/C19H29N3O4/c1-5-11-22(12-6-2)19(25)16(14-18(24)21(3)4)20-17(23)10-9-15-8-7-13-26-15/h7-10,13,16H,5-6,11-12,14H2,1-4H3,(H,20,23)/b10-9+. The van der Waals surface area contributed by atoms with Crippen molar-refractivity contribution < 1.29 is 18.8 Å². The number of carbonyl (C=O) groups is 3. The van der Waals surface area contributed by atoms with Crippen LogP contribution in [0, 0.1) is 0 Å². The van der Waals surface area contributed by atoms with Crippen molar-refractivity contribution in [3.05, 3.63) is 30.2 Å². The van der Waals surface area contributed by atoms with Gasteiger partial charge in [0.05, 0.1) is 12.7 Å². The molecule has 1 heterocycles. The summed E-state index contributed by atoms with van der Waals surface area (Å²) in [6.07, 6.45) is 5.87. The molecule has 0 aliphatic carbocycles. The molecule has 0 radical (unpaired) electrons. The molecule has 1 aromatic heterocycles. The molecule has 1 aromatic rings. The fraction of sp³-hybridized carbons (Fsp3) is 0.526. The highest BCUT2D eigenvalue weighted by atomic mass is 16.3. The van der Waals surface area contributed by atoms with Gasteiger partial charge in [0, 0.05) is 33.3 Å². The average molecular weight is 363 g/mol. The van der Waals surface area contributed by atoms with Crippen molar-refractivity contribution in [2.75, 3.05) is 27.2 Å². The van der Waals surface area contributed by atoms with E-state index < -0.39 is 11.9 Å². The predicted octanol–water partition coefficient (Wildman–Crippen LogP) is 1.90. The number of carbonyl (C=O) groups excluding carboxylic acids is 3. The van der Waals surface area contributed by atoms with Gasteiger partial charge in [0.15, 0.2) is 0 Å². The van der Waals surface area contributed by atoms with Crippen molar-refractivity contribution in [2.24, 2.45) is 0 Å². The van der Waals surface area contributed by atoms with Crippen molar-refractivity contribution >= 4 is 23.8 Å². The van der Waals surface area contributed by atoms with Crippen LogP contribution in [-0.2, 0) is 14.4 Å². The normalized spacial score (nSPS) is 12.0. The van der Waals surface area contributed by atoms with E-state index in [9.17, 15) is 14.4 Å². The van der Waals surface area contributed by atoms with E-state index in [0.717, 1.165) is 12.8 Å². The van der Waals surface area contributed by atoms with Crippen LogP contribution >= 0.6 is 0 Å². The molecule has 144 valence electrons. The summed E-state index contributed by atoms with van der Waals surface area (Å²) in [5.41, 5.74) is 0. The Hall–Kier alpha value is -2.57. The smallest absolute Gasteiger partial charge is 0.245 e. The van der Waals surface area contributed by atoms with Crippen molar-refractivity contribution in [2.45, 2.75) is 39.2 Å². The van der Waals surface area contributed by atoms with Gasteiger partial charge in [0.1, 0.15) is 11.8 Å². The molecule has 26 heavy (non-hydrogen) atoms. The molecule has 0 saturated carbocycles.